The van der Waals surface area contributed by atoms with E-state index < -0.39 is 0 Å². The van der Waals surface area contributed by atoms with Crippen LogP contribution < -0.4 is 9.80 Å². The van der Waals surface area contributed by atoms with Crippen molar-refractivity contribution in [2.75, 3.05) is 23.9 Å². The van der Waals surface area contributed by atoms with Gasteiger partial charge in [0.1, 0.15) is 0 Å². The topological polar surface area (TPSA) is 6.48 Å². The molecule has 0 bridgehead atoms. The van der Waals surface area contributed by atoms with Crippen molar-refractivity contribution in [3.05, 3.63) is 274 Å². The summed E-state index contributed by atoms with van der Waals surface area (Å²) in [4.78, 5) is 4.84. The minimum atomic E-state index is -0.232. The summed E-state index contributed by atoms with van der Waals surface area (Å²) in [5.41, 5.74) is 24.5. The maximum absolute atomic E-state index is 2.49. The molecule has 0 amide bonds. The van der Waals surface area contributed by atoms with Gasteiger partial charge >= 0.3 is 0 Å². The molecule has 9 aromatic carbocycles. The van der Waals surface area contributed by atoms with Gasteiger partial charge in [-0.25, -0.2) is 0 Å². The van der Waals surface area contributed by atoms with Gasteiger partial charge in [-0.1, -0.05) is 210 Å². The SMILES string of the molecule is CN1c2ccc(-c3ccc(C=C(c4ccccc4)c4ccccc4)cc3)cc2C(C)(C)c2cc3c(cc21)C(C)(C)c1cc(-c2ccc(C=C(c4ccccc4)c4ccccc4)cc2)ccc1N3C. The quantitative estimate of drug-likeness (QED) is 0.140. The lowest BCUT2D eigenvalue weighted by Gasteiger charge is -2.45. The van der Waals surface area contributed by atoms with Crippen molar-refractivity contribution >= 4 is 46.0 Å². The van der Waals surface area contributed by atoms with Crippen molar-refractivity contribution in [1.82, 2.24) is 0 Å². The molecule has 0 N–H and O–H groups in total. The number of anilines is 4. The van der Waals surface area contributed by atoms with Gasteiger partial charge in [0.25, 0.3) is 0 Å². The second kappa shape index (κ2) is 17.0. The van der Waals surface area contributed by atoms with Gasteiger partial charge in [0.05, 0.1) is 0 Å². The first kappa shape index (κ1) is 42.7. The third-order valence-electron chi connectivity index (χ3n) is 14.7. The fraction of sp³-hybridized carbons (Fsp3) is 0.121. The summed E-state index contributed by atoms with van der Waals surface area (Å²) in [7, 11) is 4.48. The van der Waals surface area contributed by atoms with E-state index >= 15 is 0 Å². The van der Waals surface area contributed by atoms with Crippen molar-refractivity contribution < 1.29 is 0 Å². The van der Waals surface area contributed by atoms with Gasteiger partial charge < -0.3 is 9.80 Å². The highest BCUT2D eigenvalue weighted by atomic mass is 15.1. The molecule has 2 aliphatic heterocycles. The molecule has 0 aromatic heterocycles. The molecule has 0 saturated heterocycles. The van der Waals surface area contributed by atoms with Crippen LogP contribution in [0.2, 0.25) is 0 Å². The highest BCUT2D eigenvalue weighted by Gasteiger charge is 2.41. The Kier molecular flexibility index (Phi) is 10.7. The van der Waals surface area contributed by atoms with Crippen molar-refractivity contribution in [2.24, 2.45) is 0 Å². The van der Waals surface area contributed by atoms with Crippen LogP contribution in [0.15, 0.2) is 218 Å². The van der Waals surface area contributed by atoms with Crippen molar-refractivity contribution in [3.63, 3.8) is 0 Å². The maximum atomic E-state index is 2.49. The van der Waals surface area contributed by atoms with Gasteiger partial charge in [0, 0.05) is 47.7 Å². The molecule has 2 aliphatic rings. The highest BCUT2D eigenvalue weighted by molar-refractivity contribution is 5.93. The van der Waals surface area contributed by atoms with E-state index in [9.17, 15) is 0 Å². The third kappa shape index (κ3) is 7.57. The summed E-state index contributed by atoms with van der Waals surface area (Å²) in [5.74, 6) is 0. The van der Waals surface area contributed by atoms with E-state index in [0.29, 0.717) is 0 Å². The lowest BCUT2D eigenvalue weighted by molar-refractivity contribution is 0.612. The van der Waals surface area contributed by atoms with Crippen molar-refractivity contribution in [1.29, 1.82) is 0 Å². The predicted molar refractivity (Wildman–Crippen MR) is 290 cm³/mol. The predicted octanol–water partition coefficient (Wildman–Crippen LogP) is 17.0. The molecular weight excluding hydrogens is 821 g/mol. The van der Waals surface area contributed by atoms with Crippen LogP contribution >= 0.6 is 0 Å². The van der Waals surface area contributed by atoms with Crippen LogP contribution in [0.4, 0.5) is 22.7 Å². The summed E-state index contributed by atoms with van der Waals surface area (Å²) >= 11 is 0. The Labute approximate surface area is 402 Å². The highest BCUT2D eigenvalue weighted by Crippen LogP contribution is 2.56. The monoisotopic (exact) mass is 876 g/mol. The summed E-state index contributed by atoms with van der Waals surface area (Å²) < 4.78 is 0. The average molecular weight is 877 g/mol. The standard InChI is InChI=1S/C66H56N2/c1-65(2)57-41-53(47-31-27-45(28-32-47)39-55(49-19-11-7-12-20-49)50-21-13-8-14-22-50)35-37-61(57)67(5)63-44-60-64(43-59(63)65)68(6)62-38-36-54(42-58(62)66(60,3)4)48-33-29-46(30-34-48)40-56(51-23-15-9-16-24-51)52-25-17-10-18-26-52/h7-44H,1-6H3. The molecule has 68 heavy (non-hydrogen) atoms. The van der Waals surface area contributed by atoms with Crippen molar-refractivity contribution in [3.8, 4) is 22.3 Å². The van der Waals surface area contributed by atoms with Gasteiger partial charge in [-0.15, -0.1) is 0 Å². The Bertz CT molecular complexity index is 3050. The van der Waals surface area contributed by atoms with Crippen LogP contribution in [-0.4, -0.2) is 14.1 Å². The Morgan fingerprint density at radius 3 is 0.897 bits per heavy atom. The lowest BCUT2D eigenvalue weighted by atomic mass is 9.68. The molecule has 9 aromatic rings. The Balaban J connectivity index is 0.889. The molecule has 0 spiro atoms. The molecule has 0 radical (unpaired) electrons. The summed E-state index contributed by atoms with van der Waals surface area (Å²) in [6, 6.07) is 79.8. The third-order valence-corrected chi connectivity index (χ3v) is 14.7. The Morgan fingerprint density at radius 1 is 0.309 bits per heavy atom. The number of fused-ring (bicyclic) bond motifs is 4. The summed E-state index contributed by atoms with van der Waals surface area (Å²) in [6.45, 7) is 9.59. The molecule has 2 heterocycles. The van der Waals surface area contributed by atoms with E-state index in [4.69, 9.17) is 0 Å². The van der Waals surface area contributed by atoms with Crippen LogP contribution in [0.1, 0.15) is 83.3 Å². The molecule has 2 nitrogen and oxygen atoms in total. The second-order valence-corrected chi connectivity index (χ2v) is 19.5. The first-order valence-corrected chi connectivity index (χ1v) is 23.9. The van der Waals surface area contributed by atoms with E-state index in [1.807, 2.05) is 0 Å². The number of hydrogen-bond acceptors (Lipinski definition) is 2. The minimum absolute atomic E-state index is 0.232. The number of nitrogens with zero attached hydrogens (tertiary/aromatic N) is 2. The molecular formula is C66H56N2. The molecule has 2 heteroatoms. The van der Waals surface area contributed by atoms with Crippen molar-refractivity contribution in [2.45, 2.75) is 38.5 Å². The maximum Gasteiger partial charge on any atom is 0.0454 e. The molecule has 0 aliphatic carbocycles. The van der Waals surface area contributed by atoms with Crippen LogP contribution in [0.3, 0.4) is 0 Å². The minimum Gasteiger partial charge on any atom is -0.344 e. The van der Waals surface area contributed by atoms with E-state index in [0.717, 1.165) is 0 Å². The number of hydrogen-bond donors (Lipinski definition) is 0. The van der Waals surface area contributed by atoms with Gasteiger partial charge in [0.2, 0.25) is 0 Å². The first-order chi connectivity index (χ1) is 33.0. The lowest BCUT2D eigenvalue weighted by Crippen LogP contribution is -2.35. The van der Waals surface area contributed by atoms with Gasteiger partial charge in [0.15, 0.2) is 0 Å². The van der Waals surface area contributed by atoms with E-state index in [1.54, 1.807) is 0 Å². The van der Waals surface area contributed by atoms with Crippen LogP contribution in [0, 0.1) is 0 Å². The van der Waals surface area contributed by atoms with Gasteiger partial charge in [-0.05, 0) is 138 Å². The van der Waals surface area contributed by atoms with Crippen LogP contribution in [0.5, 0.6) is 0 Å². The fourth-order valence-corrected chi connectivity index (χ4v) is 10.7. The zero-order valence-corrected chi connectivity index (χ0v) is 39.8. The molecule has 0 atom stereocenters. The molecule has 0 saturated carbocycles. The Hall–Kier alpha value is -7.94. The summed E-state index contributed by atoms with van der Waals surface area (Å²) in [5, 5.41) is 0. The van der Waals surface area contributed by atoms with Crippen LogP contribution in [0.25, 0.3) is 45.6 Å². The van der Waals surface area contributed by atoms with E-state index in [2.05, 4.69) is 282 Å². The molecule has 330 valence electrons. The van der Waals surface area contributed by atoms with E-state index in [1.165, 1.54) is 112 Å². The first-order valence-electron chi connectivity index (χ1n) is 23.9. The fourth-order valence-electron chi connectivity index (χ4n) is 10.7. The zero-order chi connectivity index (χ0) is 46.6. The van der Waals surface area contributed by atoms with Gasteiger partial charge in [-0.2, -0.15) is 0 Å². The largest absolute Gasteiger partial charge is 0.344 e. The zero-order valence-electron chi connectivity index (χ0n) is 39.8. The molecule has 0 fully saturated rings. The van der Waals surface area contributed by atoms with E-state index in [-0.39, 0.29) is 10.8 Å². The normalized spacial score (nSPS) is 13.9. The average Bonchev–Trinajstić information content (AvgIpc) is 3.39. The Morgan fingerprint density at radius 2 is 0.588 bits per heavy atom. The second-order valence-electron chi connectivity index (χ2n) is 19.5. The van der Waals surface area contributed by atoms with Crippen LogP contribution in [-0.2, 0) is 10.8 Å². The van der Waals surface area contributed by atoms with Gasteiger partial charge in [-0.3, -0.25) is 0 Å². The summed E-state index contributed by atoms with van der Waals surface area (Å²) in [6.07, 6.45) is 4.61. The molecule has 11 rings (SSSR count). The number of benzene rings is 9. The smallest absolute Gasteiger partial charge is 0.0454 e. The molecule has 0 unspecified atom stereocenters. The number of rotatable bonds is 8.